The van der Waals surface area contributed by atoms with E-state index in [1.807, 2.05) is 36.0 Å². The molecule has 1 saturated heterocycles. The first-order chi connectivity index (χ1) is 12.8. The Hall–Kier alpha value is -2.47. The van der Waals surface area contributed by atoms with E-state index in [-0.39, 0.29) is 0 Å². The predicted octanol–water partition coefficient (Wildman–Crippen LogP) is 2.77. The maximum absolute atomic E-state index is 4.94. The molecular formula is C20H24N6. The summed E-state index contributed by atoms with van der Waals surface area (Å²) in [6.45, 7) is 6.43. The maximum Gasteiger partial charge on any atom is 0.154 e. The first-order valence-corrected chi connectivity index (χ1v) is 9.55. The van der Waals surface area contributed by atoms with Crippen LogP contribution in [0.25, 0.3) is 16.9 Å². The third-order valence-corrected chi connectivity index (χ3v) is 5.82. The Morgan fingerprint density at radius 1 is 0.962 bits per heavy atom. The Kier molecular flexibility index (Phi) is 3.85. The van der Waals surface area contributed by atoms with Crippen molar-refractivity contribution >= 4 is 11.5 Å². The van der Waals surface area contributed by atoms with Gasteiger partial charge in [0, 0.05) is 50.2 Å². The lowest BCUT2D eigenvalue weighted by Crippen LogP contribution is -2.52. The van der Waals surface area contributed by atoms with Gasteiger partial charge in [-0.1, -0.05) is 6.42 Å². The van der Waals surface area contributed by atoms with Crippen LogP contribution in [0.2, 0.25) is 0 Å². The van der Waals surface area contributed by atoms with Crippen LogP contribution >= 0.6 is 0 Å². The number of pyridine rings is 1. The molecule has 0 unspecified atom stereocenters. The van der Waals surface area contributed by atoms with Crippen molar-refractivity contribution in [1.29, 1.82) is 0 Å². The Morgan fingerprint density at radius 3 is 2.42 bits per heavy atom. The summed E-state index contributed by atoms with van der Waals surface area (Å²) in [5.74, 6) is 1.04. The third kappa shape index (κ3) is 2.65. The van der Waals surface area contributed by atoms with Crippen LogP contribution < -0.4 is 4.90 Å². The van der Waals surface area contributed by atoms with Gasteiger partial charge < -0.3 is 4.90 Å². The van der Waals surface area contributed by atoms with Crippen molar-refractivity contribution in [3.63, 3.8) is 0 Å². The highest BCUT2D eigenvalue weighted by Gasteiger charge is 2.28. The molecule has 1 aliphatic heterocycles. The van der Waals surface area contributed by atoms with Crippen LogP contribution in [0.1, 0.15) is 25.0 Å². The van der Waals surface area contributed by atoms with Crippen molar-refractivity contribution in [2.45, 2.75) is 32.2 Å². The first-order valence-electron chi connectivity index (χ1n) is 9.55. The Bertz CT molecular complexity index is 907. The molecule has 0 amide bonds. The van der Waals surface area contributed by atoms with E-state index in [1.165, 1.54) is 19.3 Å². The van der Waals surface area contributed by atoms with Gasteiger partial charge in [0.15, 0.2) is 5.65 Å². The largest absolute Gasteiger partial charge is 0.353 e. The maximum atomic E-state index is 4.94. The summed E-state index contributed by atoms with van der Waals surface area (Å²) in [4.78, 5) is 13.9. The minimum Gasteiger partial charge on any atom is -0.353 e. The molecule has 0 bridgehead atoms. The molecule has 3 aromatic rings. The monoisotopic (exact) mass is 348 g/mol. The van der Waals surface area contributed by atoms with Crippen LogP contribution in [-0.2, 0) is 0 Å². The number of hydrogen-bond donors (Lipinski definition) is 0. The van der Waals surface area contributed by atoms with E-state index in [4.69, 9.17) is 5.10 Å². The van der Waals surface area contributed by atoms with Crippen molar-refractivity contribution in [3.05, 3.63) is 42.4 Å². The number of aromatic nitrogens is 4. The highest BCUT2D eigenvalue weighted by atomic mass is 15.4. The second kappa shape index (κ2) is 6.36. The standard InChI is InChI=1S/C20H24N6/c1-15-20(16-7-9-21-10-8-16)26-18(22-15)5-6-19(23-26)25-13-11-24(12-14-25)17-3-2-4-17/h5-10,17H,2-4,11-14H2,1H3. The lowest BCUT2D eigenvalue weighted by molar-refractivity contribution is 0.120. The number of fused-ring (bicyclic) bond motifs is 1. The number of aryl methyl sites for hydroxylation is 1. The lowest BCUT2D eigenvalue weighted by Gasteiger charge is -2.43. The topological polar surface area (TPSA) is 49.6 Å². The molecule has 1 saturated carbocycles. The third-order valence-electron chi connectivity index (χ3n) is 5.82. The normalized spacial score (nSPS) is 19.0. The second-order valence-corrected chi connectivity index (χ2v) is 7.35. The van der Waals surface area contributed by atoms with Crippen LogP contribution in [0.3, 0.4) is 0 Å². The molecule has 2 fully saturated rings. The van der Waals surface area contributed by atoms with E-state index < -0.39 is 0 Å². The van der Waals surface area contributed by atoms with Gasteiger partial charge in [-0.15, -0.1) is 5.10 Å². The number of imidazole rings is 1. The number of rotatable bonds is 3. The molecule has 0 radical (unpaired) electrons. The molecule has 6 heteroatoms. The smallest absolute Gasteiger partial charge is 0.154 e. The fourth-order valence-electron chi connectivity index (χ4n) is 4.11. The van der Waals surface area contributed by atoms with Crippen LogP contribution in [0.5, 0.6) is 0 Å². The molecule has 0 N–H and O–H groups in total. The van der Waals surface area contributed by atoms with Crippen LogP contribution in [0.15, 0.2) is 36.7 Å². The molecule has 3 aromatic heterocycles. The van der Waals surface area contributed by atoms with Crippen LogP contribution in [0, 0.1) is 6.92 Å². The number of hydrogen-bond acceptors (Lipinski definition) is 5. The molecular weight excluding hydrogens is 324 g/mol. The highest BCUT2D eigenvalue weighted by Crippen LogP contribution is 2.27. The van der Waals surface area contributed by atoms with Gasteiger partial charge in [0.1, 0.15) is 5.82 Å². The number of anilines is 1. The number of nitrogens with zero attached hydrogens (tertiary/aromatic N) is 6. The molecule has 1 aliphatic carbocycles. The van der Waals surface area contributed by atoms with Gasteiger partial charge in [0.25, 0.3) is 0 Å². The van der Waals surface area contributed by atoms with Crippen molar-refractivity contribution in [2.24, 2.45) is 0 Å². The Labute approximate surface area is 153 Å². The van der Waals surface area contributed by atoms with Crippen molar-refractivity contribution < 1.29 is 0 Å². The summed E-state index contributed by atoms with van der Waals surface area (Å²) in [5.41, 5.74) is 4.05. The van der Waals surface area contributed by atoms with Gasteiger partial charge in [0.05, 0.1) is 11.4 Å². The van der Waals surface area contributed by atoms with Gasteiger partial charge in [-0.3, -0.25) is 9.88 Å². The molecule has 0 atom stereocenters. The number of piperazine rings is 1. The fraction of sp³-hybridized carbons (Fsp3) is 0.450. The van der Waals surface area contributed by atoms with E-state index in [9.17, 15) is 0 Å². The first kappa shape index (κ1) is 15.8. The summed E-state index contributed by atoms with van der Waals surface area (Å²) in [6.07, 6.45) is 7.80. The zero-order valence-electron chi connectivity index (χ0n) is 15.2. The predicted molar refractivity (Wildman–Crippen MR) is 102 cm³/mol. The van der Waals surface area contributed by atoms with Gasteiger partial charge in [-0.05, 0) is 44.0 Å². The molecule has 4 heterocycles. The summed E-state index contributed by atoms with van der Waals surface area (Å²) < 4.78 is 1.98. The molecule has 2 aliphatic rings. The Balaban J connectivity index is 1.44. The van der Waals surface area contributed by atoms with Gasteiger partial charge >= 0.3 is 0 Å². The quantitative estimate of drug-likeness (QED) is 0.728. The van der Waals surface area contributed by atoms with Gasteiger partial charge in [-0.25, -0.2) is 9.50 Å². The fourth-order valence-corrected chi connectivity index (χ4v) is 4.11. The SMILES string of the molecule is Cc1nc2ccc(N3CCN(C4CCC4)CC3)nn2c1-c1ccncc1. The molecule has 0 aromatic carbocycles. The average molecular weight is 348 g/mol. The van der Waals surface area contributed by atoms with E-state index in [0.29, 0.717) is 0 Å². The van der Waals surface area contributed by atoms with Crippen LogP contribution in [0.4, 0.5) is 5.82 Å². The van der Waals surface area contributed by atoms with Gasteiger partial charge in [-0.2, -0.15) is 0 Å². The van der Waals surface area contributed by atoms with Crippen molar-refractivity contribution in [1.82, 2.24) is 24.5 Å². The molecule has 0 spiro atoms. The van der Waals surface area contributed by atoms with Gasteiger partial charge in [0.2, 0.25) is 0 Å². The van der Waals surface area contributed by atoms with Crippen molar-refractivity contribution in [2.75, 3.05) is 31.1 Å². The van der Waals surface area contributed by atoms with E-state index in [0.717, 1.165) is 60.6 Å². The summed E-state index contributed by atoms with van der Waals surface area (Å²) in [7, 11) is 0. The molecule has 6 nitrogen and oxygen atoms in total. The molecule has 26 heavy (non-hydrogen) atoms. The summed E-state index contributed by atoms with van der Waals surface area (Å²) in [5, 5.41) is 4.94. The summed E-state index contributed by atoms with van der Waals surface area (Å²) in [6, 6.07) is 9.06. The zero-order chi connectivity index (χ0) is 17.5. The van der Waals surface area contributed by atoms with Crippen molar-refractivity contribution in [3.8, 4) is 11.3 Å². The lowest BCUT2D eigenvalue weighted by atomic mass is 9.91. The molecule has 5 rings (SSSR count). The minimum atomic E-state index is 0.835. The molecule has 134 valence electrons. The highest BCUT2D eigenvalue weighted by molar-refractivity contribution is 5.66. The van der Waals surface area contributed by atoms with Crippen LogP contribution in [-0.4, -0.2) is 56.7 Å². The Morgan fingerprint density at radius 2 is 1.73 bits per heavy atom. The van der Waals surface area contributed by atoms with E-state index in [2.05, 4.69) is 31.9 Å². The second-order valence-electron chi connectivity index (χ2n) is 7.35. The zero-order valence-corrected chi connectivity index (χ0v) is 15.2. The average Bonchev–Trinajstić information content (AvgIpc) is 2.96. The van der Waals surface area contributed by atoms with E-state index >= 15 is 0 Å². The van der Waals surface area contributed by atoms with E-state index in [1.54, 1.807) is 0 Å². The minimum absolute atomic E-state index is 0.835. The summed E-state index contributed by atoms with van der Waals surface area (Å²) >= 11 is 0.